The van der Waals surface area contributed by atoms with E-state index in [-0.39, 0.29) is 12.2 Å². The number of carbonyl (C=O) groups excluding carboxylic acids is 1. The Morgan fingerprint density at radius 1 is 1.22 bits per heavy atom. The molecule has 2 aromatic heterocycles. The van der Waals surface area contributed by atoms with E-state index in [2.05, 4.69) is 10.1 Å². The molecule has 0 bridgehead atoms. The zero-order valence-corrected chi connectivity index (χ0v) is 12.3. The largest absolute Gasteiger partial charge is 0.478 e. The predicted molar refractivity (Wildman–Crippen MR) is 81.3 cm³/mol. The molecule has 116 valence electrons. The molecule has 0 fully saturated rings. The molecule has 0 radical (unpaired) electrons. The fourth-order valence-electron chi connectivity index (χ4n) is 2.25. The van der Waals surface area contributed by atoms with Crippen molar-refractivity contribution in [3.63, 3.8) is 0 Å². The summed E-state index contributed by atoms with van der Waals surface area (Å²) in [6.07, 6.45) is 3.08. The first-order valence-electron chi connectivity index (χ1n) is 6.94. The molecule has 3 aromatic rings. The maximum absolute atomic E-state index is 12.1. The maximum Gasteiger partial charge on any atom is 0.342 e. The SMILES string of the molecule is CCOC(=O)c1cc(-c2ccc(C(=O)O)cc2)cn2ncnc12. The smallest absolute Gasteiger partial charge is 0.342 e. The summed E-state index contributed by atoms with van der Waals surface area (Å²) in [5.41, 5.74) is 2.39. The van der Waals surface area contributed by atoms with Gasteiger partial charge in [-0.2, -0.15) is 5.10 Å². The van der Waals surface area contributed by atoms with Crippen LogP contribution >= 0.6 is 0 Å². The highest BCUT2D eigenvalue weighted by atomic mass is 16.5. The lowest BCUT2D eigenvalue weighted by atomic mass is 10.0. The number of pyridine rings is 1. The number of rotatable bonds is 4. The van der Waals surface area contributed by atoms with Crippen molar-refractivity contribution in [1.29, 1.82) is 0 Å². The van der Waals surface area contributed by atoms with Gasteiger partial charge in [0.1, 0.15) is 11.9 Å². The predicted octanol–water partition coefficient (Wildman–Crippen LogP) is 2.27. The number of benzene rings is 1. The molecular weight excluding hydrogens is 298 g/mol. The molecule has 0 amide bonds. The minimum absolute atomic E-state index is 0.196. The molecule has 0 saturated heterocycles. The van der Waals surface area contributed by atoms with Gasteiger partial charge in [0.15, 0.2) is 5.65 Å². The summed E-state index contributed by atoms with van der Waals surface area (Å²) in [6.45, 7) is 1.99. The molecule has 0 atom stereocenters. The summed E-state index contributed by atoms with van der Waals surface area (Å²) < 4.78 is 6.54. The number of hydrogen-bond acceptors (Lipinski definition) is 5. The average molecular weight is 311 g/mol. The van der Waals surface area contributed by atoms with E-state index in [1.165, 1.54) is 23.0 Å². The highest BCUT2D eigenvalue weighted by Gasteiger charge is 2.16. The number of carbonyl (C=O) groups is 2. The topological polar surface area (TPSA) is 93.8 Å². The Bertz CT molecular complexity index is 884. The zero-order chi connectivity index (χ0) is 16.4. The third-order valence-corrected chi connectivity index (χ3v) is 3.34. The molecular formula is C16H13N3O4. The van der Waals surface area contributed by atoms with E-state index in [1.807, 2.05) is 0 Å². The van der Waals surface area contributed by atoms with Gasteiger partial charge in [0.05, 0.1) is 12.2 Å². The normalized spacial score (nSPS) is 10.7. The van der Waals surface area contributed by atoms with E-state index in [0.29, 0.717) is 16.8 Å². The quantitative estimate of drug-likeness (QED) is 0.743. The van der Waals surface area contributed by atoms with E-state index in [1.54, 1.807) is 31.3 Å². The van der Waals surface area contributed by atoms with Gasteiger partial charge in [-0.3, -0.25) is 0 Å². The summed E-state index contributed by atoms with van der Waals surface area (Å²) >= 11 is 0. The first-order chi connectivity index (χ1) is 11.1. The number of nitrogens with zero attached hydrogens (tertiary/aromatic N) is 3. The molecule has 0 spiro atoms. The minimum Gasteiger partial charge on any atom is -0.478 e. The van der Waals surface area contributed by atoms with Crippen LogP contribution < -0.4 is 0 Å². The maximum atomic E-state index is 12.1. The van der Waals surface area contributed by atoms with E-state index in [9.17, 15) is 9.59 Å². The van der Waals surface area contributed by atoms with E-state index in [0.717, 1.165) is 5.56 Å². The van der Waals surface area contributed by atoms with Crippen molar-refractivity contribution < 1.29 is 19.4 Å². The van der Waals surface area contributed by atoms with Crippen LogP contribution in [0.3, 0.4) is 0 Å². The highest BCUT2D eigenvalue weighted by molar-refractivity contribution is 5.97. The second-order valence-electron chi connectivity index (χ2n) is 4.77. The van der Waals surface area contributed by atoms with Gasteiger partial charge < -0.3 is 9.84 Å². The van der Waals surface area contributed by atoms with Gasteiger partial charge in [0.25, 0.3) is 0 Å². The third-order valence-electron chi connectivity index (χ3n) is 3.34. The molecule has 0 unspecified atom stereocenters. The summed E-state index contributed by atoms with van der Waals surface area (Å²) in [6, 6.07) is 8.03. The molecule has 7 heteroatoms. The van der Waals surface area contributed by atoms with Gasteiger partial charge >= 0.3 is 11.9 Å². The van der Waals surface area contributed by atoms with Crippen molar-refractivity contribution in [2.75, 3.05) is 6.61 Å². The minimum atomic E-state index is -0.990. The van der Waals surface area contributed by atoms with Gasteiger partial charge in [0, 0.05) is 11.8 Å². The number of carboxylic acid groups (broad SMARTS) is 1. The molecule has 3 rings (SSSR count). The Labute approximate surface area is 131 Å². The molecule has 0 aliphatic heterocycles. The monoisotopic (exact) mass is 311 g/mol. The van der Waals surface area contributed by atoms with Crippen LogP contribution in [0.15, 0.2) is 42.9 Å². The number of ether oxygens (including phenoxy) is 1. The van der Waals surface area contributed by atoms with Crippen molar-refractivity contribution in [3.8, 4) is 11.1 Å². The van der Waals surface area contributed by atoms with Crippen LogP contribution in [0.5, 0.6) is 0 Å². The molecule has 23 heavy (non-hydrogen) atoms. The van der Waals surface area contributed by atoms with Gasteiger partial charge in [-0.15, -0.1) is 0 Å². The second-order valence-corrected chi connectivity index (χ2v) is 4.77. The lowest BCUT2D eigenvalue weighted by molar-refractivity contribution is 0.0527. The summed E-state index contributed by atoms with van der Waals surface area (Å²) in [7, 11) is 0. The zero-order valence-electron chi connectivity index (χ0n) is 12.3. The van der Waals surface area contributed by atoms with E-state index in [4.69, 9.17) is 9.84 Å². The van der Waals surface area contributed by atoms with E-state index < -0.39 is 11.9 Å². The summed E-state index contributed by atoms with van der Waals surface area (Å²) in [5, 5.41) is 13.0. The van der Waals surface area contributed by atoms with Crippen LogP contribution in [0.25, 0.3) is 16.8 Å². The van der Waals surface area contributed by atoms with Gasteiger partial charge in [0.2, 0.25) is 0 Å². The molecule has 0 aliphatic carbocycles. The Kier molecular flexibility index (Phi) is 3.76. The van der Waals surface area contributed by atoms with Crippen LogP contribution in [-0.4, -0.2) is 38.3 Å². The summed E-state index contributed by atoms with van der Waals surface area (Å²) in [4.78, 5) is 27.1. The molecule has 1 N–H and O–H groups in total. The molecule has 2 heterocycles. The number of hydrogen-bond donors (Lipinski definition) is 1. The second kappa shape index (κ2) is 5.88. The van der Waals surface area contributed by atoms with Crippen LogP contribution in [0.1, 0.15) is 27.6 Å². The van der Waals surface area contributed by atoms with Gasteiger partial charge in [-0.25, -0.2) is 19.1 Å². The van der Waals surface area contributed by atoms with Crippen LogP contribution in [-0.2, 0) is 4.74 Å². The van der Waals surface area contributed by atoms with Crippen LogP contribution in [0.2, 0.25) is 0 Å². The Morgan fingerprint density at radius 3 is 2.61 bits per heavy atom. The van der Waals surface area contributed by atoms with Crippen molar-refractivity contribution in [3.05, 3.63) is 54.0 Å². The molecule has 0 saturated carbocycles. The number of aromatic carboxylic acids is 1. The van der Waals surface area contributed by atoms with E-state index >= 15 is 0 Å². The molecule has 7 nitrogen and oxygen atoms in total. The first-order valence-corrected chi connectivity index (χ1v) is 6.94. The lowest BCUT2D eigenvalue weighted by Crippen LogP contribution is -2.08. The standard InChI is InChI=1S/C16H13N3O4/c1-2-23-16(22)13-7-12(8-19-14(13)17-9-18-19)10-3-5-11(6-4-10)15(20)21/h3-9H,2H2,1H3,(H,20,21). The average Bonchev–Trinajstić information content (AvgIpc) is 3.02. The Balaban J connectivity index is 2.10. The lowest BCUT2D eigenvalue weighted by Gasteiger charge is -2.07. The van der Waals surface area contributed by atoms with Crippen molar-refractivity contribution >= 4 is 17.6 Å². The third kappa shape index (κ3) is 2.76. The first kappa shape index (κ1) is 14.7. The van der Waals surface area contributed by atoms with Crippen LogP contribution in [0.4, 0.5) is 0 Å². The Hall–Kier alpha value is -3.22. The molecule has 0 aliphatic rings. The van der Waals surface area contributed by atoms with Crippen molar-refractivity contribution in [2.45, 2.75) is 6.92 Å². The molecule has 1 aromatic carbocycles. The van der Waals surface area contributed by atoms with Gasteiger partial charge in [-0.05, 0) is 30.7 Å². The van der Waals surface area contributed by atoms with Crippen LogP contribution in [0, 0.1) is 0 Å². The van der Waals surface area contributed by atoms with Crippen molar-refractivity contribution in [1.82, 2.24) is 14.6 Å². The fourth-order valence-corrected chi connectivity index (χ4v) is 2.25. The highest BCUT2D eigenvalue weighted by Crippen LogP contribution is 2.23. The summed E-state index contributed by atoms with van der Waals surface area (Å²) in [5.74, 6) is -1.47. The Morgan fingerprint density at radius 2 is 1.96 bits per heavy atom. The fraction of sp³-hybridized carbons (Fsp3) is 0.125. The number of aromatic nitrogens is 3. The number of esters is 1. The number of fused-ring (bicyclic) bond motifs is 1. The van der Waals surface area contributed by atoms with Gasteiger partial charge in [-0.1, -0.05) is 12.1 Å². The van der Waals surface area contributed by atoms with Crippen molar-refractivity contribution in [2.24, 2.45) is 0 Å². The number of carboxylic acids is 1.